The largest absolute Gasteiger partial charge is 0.465 e. The molecular formula is C24H33N3O5S. The molecule has 0 radical (unpaired) electrons. The molecule has 0 unspecified atom stereocenters. The highest BCUT2D eigenvalue weighted by Crippen LogP contribution is 2.15. The minimum absolute atomic E-state index is 0.0982. The van der Waals surface area contributed by atoms with Gasteiger partial charge in [-0.3, -0.25) is 9.59 Å². The van der Waals surface area contributed by atoms with Crippen molar-refractivity contribution in [2.24, 2.45) is 0 Å². The third-order valence-corrected chi connectivity index (χ3v) is 5.58. The van der Waals surface area contributed by atoms with E-state index in [-0.39, 0.29) is 25.6 Å². The molecule has 0 spiro atoms. The Hall–Kier alpha value is -2.91. The molecule has 0 saturated carbocycles. The summed E-state index contributed by atoms with van der Waals surface area (Å²) in [5.41, 5.74) is 1.01. The molecule has 1 aromatic heterocycles. The summed E-state index contributed by atoms with van der Waals surface area (Å²) in [4.78, 5) is 41.9. The van der Waals surface area contributed by atoms with Crippen molar-refractivity contribution in [2.75, 3.05) is 39.5 Å². The fourth-order valence-electron chi connectivity index (χ4n) is 3.12. The number of ether oxygens (including phenoxy) is 2. The van der Waals surface area contributed by atoms with E-state index >= 15 is 0 Å². The van der Waals surface area contributed by atoms with Crippen molar-refractivity contribution in [2.45, 2.75) is 33.4 Å². The van der Waals surface area contributed by atoms with Crippen LogP contribution in [0.2, 0.25) is 0 Å². The molecule has 1 aromatic carbocycles. The van der Waals surface area contributed by atoms with E-state index in [0.717, 1.165) is 10.4 Å². The zero-order chi connectivity index (χ0) is 23.9. The first-order valence-corrected chi connectivity index (χ1v) is 12.0. The first-order chi connectivity index (χ1) is 16.0. The SMILES string of the molecule is CCOCCCN(CC(=O)N(Cc1ccccc1)Cc1cccs1)C(=O)NCC(=O)OCC. The van der Waals surface area contributed by atoms with E-state index in [0.29, 0.717) is 39.3 Å². The van der Waals surface area contributed by atoms with Gasteiger partial charge in [0.15, 0.2) is 0 Å². The van der Waals surface area contributed by atoms with Gasteiger partial charge in [0.1, 0.15) is 13.1 Å². The number of hydrogen-bond acceptors (Lipinski definition) is 6. The molecule has 33 heavy (non-hydrogen) atoms. The number of nitrogens with one attached hydrogen (secondary N) is 1. The minimum atomic E-state index is -0.519. The standard InChI is InChI=1S/C24H33N3O5S/c1-3-31-14-9-13-26(24(30)25-16-23(29)32-4-2)19-22(28)27(18-21-12-8-15-33-21)17-20-10-6-5-7-11-20/h5-8,10-12,15H,3-4,9,13-14,16-19H2,1-2H3,(H,25,30). The molecule has 1 heterocycles. The molecule has 9 heteroatoms. The van der Waals surface area contributed by atoms with Crippen molar-refractivity contribution in [3.8, 4) is 0 Å². The zero-order valence-electron chi connectivity index (χ0n) is 19.3. The van der Waals surface area contributed by atoms with Gasteiger partial charge in [0.2, 0.25) is 5.91 Å². The number of carbonyl (C=O) groups is 3. The van der Waals surface area contributed by atoms with Crippen LogP contribution in [0.1, 0.15) is 30.7 Å². The van der Waals surface area contributed by atoms with E-state index in [9.17, 15) is 14.4 Å². The second kappa shape index (κ2) is 15.0. The van der Waals surface area contributed by atoms with E-state index in [1.165, 1.54) is 4.90 Å². The molecule has 0 fully saturated rings. The van der Waals surface area contributed by atoms with Crippen LogP contribution in [0.4, 0.5) is 4.79 Å². The summed E-state index contributed by atoms with van der Waals surface area (Å²) >= 11 is 1.58. The number of benzene rings is 1. The van der Waals surface area contributed by atoms with Crippen LogP contribution in [0.3, 0.4) is 0 Å². The van der Waals surface area contributed by atoms with Gasteiger partial charge < -0.3 is 24.6 Å². The van der Waals surface area contributed by atoms with Crippen molar-refractivity contribution < 1.29 is 23.9 Å². The maximum absolute atomic E-state index is 13.3. The lowest BCUT2D eigenvalue weighted by Crippen LogP contribution is -2.48. The number of hydrogen-bond donors (Lipinski definition) is 1. The summed E-state index contributed by atoms with van der Waals surface area (Å²) in [5, 5.41) is 4.53. The van der Waals surface area contributed by atoms with E-state index in [1.54, 1.807) is 23.2 Å². The predicted octanol–water partition coefficient (Wildman–Crippen LogP) is 3.28. The van der Waals surface area contributed by atoms with Crippen LogP contribution < -0.4 is 5.32 Å². The summed E-state index contributed by atoms with van der Waals surface area (Å²) in [7, 11) is 0. The van der Waals surface area contributed by atoms with Crippen LogP contribution in [0.5, 0.6) is 0 Å². The quantitative estimate of drug-likeness (QED) is 0.335. The van der Waals surface area contributed by atoms with Crippen LogP contribution in [0.15, 0.2) is 47.8 Å². The molecule has 0 bridgehead atoms. The summed E-state index contributed by atoms with van der Waals surface area (Å²) in [6, 6.07) is 13.2. The van der Waals surface area contributed by atoms with Crippen LogP contribution in [0, 0.1) is 0 Å². The number of thiophene rings is 1. The summed E-state index contributed by atoms with van der Waals surface area (Å²) < 4.78 is 10.2. The predicted molar refractivity (Wildman–Crippen MR) is 128 cm³/mol. The Morgan fingerprint density at radius 3 is 2.42 bits per heavy atom. The maximum Gasteiger partial charge on any atom is 0.325 e. The number of nitrogens with zero attached hydrogens (tertiary/aromatic N) is 2. The van der Waals surface area contributed by atoms with Crippen molar-refractivity contribution in [1.82, 2.24) is 15.1 Å². The molecule has 0 atom stereocenters. The number of rotatable bonds is 14. The Morgan fingerprint density at radius 1 is 0.970 bits per heavy atom. The normalized spacial score (nSPS) is 10.5. The molecule has 0 saturated heterocycles. The fraction of sp³-hybridized carbons (Fsp3) is 0.458. The molecule has 2 rings (SSSR count). The van der Waals surface area contributed by atoms with Gasteiger partial charge >= 0.3 is 12.0 Å². The van der Waals surface area contributed by atoms with Gasteiger partial charge in [-0.05, 0) is 37.3 Å². The Balaban J connectivity index is 2.08. The molecule has 0 aliphatic carbocycles. The van der Waals surface area contributed by atoms with E-state index in [1.807, 2.05) is 54.8 Å². The van der Waals surface area contributed by atoms with Gasteiger partial charge in [-0.1, -0.05) is 36.4 Å². The highest BCUT2D eigenvalue weighted by atomic mass is 32.1. The van der Waals surface area contributed by atoms with Gasteiger partial charge in [-0.25, -0.2) is 4.79 Å². The summed E-state index contributed by atoms with van der Waals surface area (Å²) in [5.74, 6) is -0.690. The van der Waals surface area contributed by atoms with Crippen LogP contribution >= 0.6 is 11.3 Å². The molecular weight excluding hydrogens is 442 g/mol. The van der Waals surface area contributed by atoms with Gasteiger partial charge in [0, 0.05) is 31.2 Å². The zero-order valence-corrected chi connectivity index (χ0v) is 20.1. The van der Waals surface area contributed by atoms with E-state index in [4.69, 9.17) is 9.47 Å². The maximum atomic E-state index is 13.3. The molecule has 0 aliphatic rings. The first kappa shape index (κ1) is 26.3. The van der Waals surface area contributed by atoms with Crippen LogP contribution in [-0.2, 0) is 32.2 Å². The third kappa shape index (κ3) is 10.0. The molecule has 0 aliphatic heterocycles. The van der Waals surface area contributed by atoms with Gasteiger partial charge in [-0.15, -0.1) is 11.3 Å². The number of carbonyl (C=O) groups excluding carboxylic acids is 3. The Labute approximate surface area is 199 Å². The first-order valence-electron chi connectivity index (χ1n) is 11.1. The lowest BCUT2D eigenvalue weighted by Gasteiger charge is -2.28. The fourth-order valence-corrected chi connectivity index (χ4v) is 3.84. The van der Waals surface area contributed by atoms with Crippen molar-refractivity contribution in [1.29, 1.82) is 0 Å². The lowest BCUT2D eigenvalue weighted by atomic mass is 10.2. The van der Waals surface area contributed by atoms with Crippen molar-refractivity contribution in [3.05, 3.63) is 58.3 Å². The molecule has 3 amide bonds. The Bertz CT molecular complexity index is 845. The average Bonchev–Trinajstić information content (AvgIpc) is 3.33. The van der Waals surface area contributed by atoms with Gasteiger partial charge in [0.25, 0.3) is 0 Å². The summed E-state index contributed by atoms with van der Waals surface area (Å²) in [6.45, 7) is 5.80. The van der Waals surface area contributed by atoms with E-state index in [2.05, 4.69) is 5.32 Å². The topological polar surface area (TPSA) is 88.2 Å². The third-order valence-electron chi connectivity index (χ3n) is 4.72. The molecule has 180 valence electrons. The average molecular weight is 476 g/mol. The lowest BCUT2D eigenvalue weighted by molar-refractivity contribution is -0.141. The van der Waals surface area contributed by atoms with Crippen LogP contribution in [-0.4, -0.2) is 67.2 Å². The van der Waals surface area contributed by atoms with Crippen molar-refractivity contribution in [3.63, 3.8) is 0 Å². The second-order valence-electron chi connectivity index (χ2n) is 7.25. The van der Waals surface area contributed by atoms with Gasteiger partial charge in [0.05, 0.1) is 13.2 Å². The molecule has 8 nitrogen and oxygen atoms in total. The number of amides is 3. The Kier molecular flexibility index (Phi) is 12.0. The monoisotopic (exact) mass is 475 g/mol. The smallest absolute Gasteiger partial charge is 0.325 e. The highest BCUT2D eigenvalue weighted by molar-refractivity contribution is 7.09. The van der Waals surface area contributed by atoms with Crippen LogP contribution in [0.25, 0.3) is 0 Å². The molecule has 1 N–H and O–H groups in total. The van der Waals surface area contributed by atoms with E-state index < -0.39 is 12.0 Å². The van der Waals surface area contributed by atoms with Gasteiger partial charge in [-0.2, -0.15) is 0 Å². The minimum Gasteiger partial charge on any atom is -0.465 e. The van der Waals surface area contributed by atoms with Crippen molar-refractivity contribution >= 4 is 29.2 Å². The number of esters is 1. The summed E-state index contributed by atoms with van der Waals surface area (Å²) in [6.07, 6.45) is 0.581. The highest BCUT2D eigenvalue weighted by Gasteiger charge is 2.22. The number of urea groups is 1. The molecule has 2 aromatic rings. The Morgan fingerprint density at radius 2 is 1.76 bits per heavy atom. The second-order valence-corrected chi connectivity index (χ2v) is 8.28.